The molecule has 0 aliphatic rings. The first-order valence-electron chi connectivity index (χ1n) is 6.74. The van der Waals surface area contributed by atoms with Crippen molar-refractivity contribution >= 4 is 44.8 Å². The fraction of sp³-hybridized carbons (Fsp3) is 0.188. The van der Waals surface area contributed by atoms with Gasteiger partial charge in [0, 0.05) is 22.3 Å². The highest BCUT2D eigenvalue weighted by Crippen LogP contribution is 2.35. The molecule has 0 fully saturated rings. The Balaban J connectivity index is 2.03. The van der Waals surface area contributed by atoms with E-state index in [1.807, 2.05) is 24.3 Å². The van der Waals surface area contributed by atoms with Crippen LogP contribution in [0.3, 0.4) is 0 Å². The van der Waals surface area contributed by atoms with Crippen LogP contribution in [0.1, 0.15) is 0 Å². The maximum absolute atomic E-state index is 12.0. The number of benzene rings is 2. The van der Waals surface area contributed by atoms with E-state index in [0.717, 1.165) is 4.47 Å². The number of anilines is 2. The number of methoxy groups -OCH3 is 2. The van der Waals surface area contributed by atoms with Crippen LogP contribution in [0, 0.1) is 0 Å². The largest absolute Gasteiger partial charge is 0.495 e. The highest BCUT2D eigenvalue weighted by molar-refractivity contribution is 9.10. The van der Waals surface area contributed by atoms with Gasteiger partial charge in [-0.1, -0.05) is 33.6 Å². The average Bonchev–Trinajstić information content (AvgIpc) is 2.53. The summed E-state index contributed by atoms with van der Waals surface area (Å²) >= 11 is 9.41. The van der Waals surface area contributed by atoms with Gasteiger partial charge >= 0.3 is 0 Å². The molecule has 0 radical (unpaired) electrons. The van der Waals surface area contributed by atoms with Crippen LogP contribution >= 0.6 is 27.5 Å². The molecule has 0 aliphatic carbocycles. The van der Waals surface area contributed by atoms with Crippen LogP contribution in [-0.4, -0.2) is 26.7 Å². The van der Waals surface area contributed by atoms with Gasteiger partial charge in [-0.25, -0.2) is 0 Å². The molecule has 2 N–H and O–H groups in total. The highest BCUT2D eigenvalue weighted by atomic mass is 79.9. The van der Waals surface area contributed by atoms with E-state index in [2.05, 4.69) is 26.6 Å². The summed E-state index contributed by atoms with van der Waals surface area (Å²) in [6, 6.07) is 10.7. The van der Waals surface area contributed by atoms with Gasteiger partial charge in [0.1, 0.15) is 11.5 Å². The van der Waals surface area contributed by atoms with Crippen molar-refractivity contribution < 1.29 is 14.3 Å². The summed E-state index contributed by atoms with van der Waals surface area (Å²) in [5.74, 6) is 0.854. The van der Waals surface area contributed by atoms with E-state index in [1.54, 1.807) is 12.1 Å². The van der Waals surface area contributed by atoms with E-state index in [9.17, 15) is 4.79 Å². The number of ether oxygens (including phenoxy) is 2. The van der Waals surface area contributed by atoms with Crippen molar-refractivity contribution in [1.82, 2.24) is 0 Å². The zero-order valence-electron chi connectivity index (χ0n) is 12.7. The Kier molecular flexibility index (Phi) is 6.12. The van der Waals surface area contributed by atoms with Crippen molar-refractivity contribution in [2.75, 3.05) is 31.4 Å². The van der Waals surface area contributed by atoms with Crippen LogP contribution in [-0.2, 0) is 4.79 Å². The first-order valence-corrected chi connectivity index (χ1v) is 7.91. The minimum Gasteiger partial charge on any atom is -0.495 e. The second kappa shape index (κ2) is 8.08. The zero-order chi connectivity index (χ0) is 16.8. The maximum Gasteiger partial charge on any atom is 0.243 e. The molecule has 0 saturated heterocycles. The molecule has 122 valence electrons. The molecule has 23 heavy (non-hydrogen) atoms. The molecule has 0 saturated carbocycles. The fourth-order valence-corrected chi connectivity index (χ4v) is 2.58. The van der Waals surface area contributed by atoms with Gasteiger partial charge in [-0.05, 0) is 18.2 Å². The third kappa shape index (κ3) is 4.77. The van der Waals surface area contributed by atoms with Crippen molar-refractivity contribution in [3.63, 3.8) is 0 Å². The topological polar surface area (TPSA) is 59.6 Å². The number of amides is 1. The number of rotatable bonds is 6. The molecule has 0 heterocycles. The van der Waals surface area contributed by atoms with Crippen molar-refractivity contribution in [3.05, 3.63) is 45.9 Å². The molecule has 2 aromatic carbocycles. The quantitative estimate of drug-likeness (QED) is 0.765. The third-order valence-electron chi connectivity index (χ3n) is 3.02. The average molecular weight is 400 g/mol. The molecular formula is C16H16BrClN2O3. The molecule has 0 aliphatic heterocycles. The highest BCUT2D eigenvalue weighted by Gasteiger charge is 2.11. The molecular weight excluding hydrogens is 384 g/mol. The third-order valence-corrected chi connectivity index (χ3v) is 3.81. The van der Waals surface area contributed by atoms with Crippen LogP contribution in [0.15, 0.2) is 40.9 Å². The second-order valence-electron chi connectivity index (χ2n) is 4.60. The molecule has 7 heteroatoms. The van der Waals surface area contributed by atoms with Crippen LogP contribution in [0.2, 0.25) is 5.02 Å². The molecule has 5 nitrogen and oxygen atoms in total. The Morgan fingerprint density at radius 3 is 2.57 bits per heavy atom. The maximum atomic E-state index is 12.0. The van der Waals surface area contributed by atoms with Gasteiger partial charge in [-0.2, -0.15) is 0 Å². The first-order chi connectivity index (χ1) is 11.0. The predicted molar refractivity (Wildman–Crippen MR) is 95.8 cm³/mol. The molecule has 0 unspecified atom stereocenters. The lowest BCUT2D eigenvalue weighted by Crippen LogP contribution is -2.22. The normalized spacial score (nSPS) is 10.1. The number of halogens is 2. The van der Waals surface area contributed by atoms with Gasteiger partial charge in [0.25, 0.3) is 0 Å². The molecule has 2 aromatic rings. The number of carbonyl (C=O) groups is 1. The number of carbonyl (C=O) groups excluding carboxylic acids is 1. The van der Waals surface area contributed by atoms with Gasteiger partial charge in [0.15, 0.2) is 0 Å². The van der Waals surface area contributed by atoms with E-state index >= 15 is 0 Å². The predicted octanol–water partition coefficient (Wildman–Crippen LogP) is 4.17. The van der Waals surface area contributed by atoms with E-state index < -0.39 is 0 Å². The van der Waals surface area contributed by atoms with Crippen molar-refractivity contribution in [2.24, 2.45) is 0 Å². The number of nitrogens with one attached hydrogen (secondary N) is 2. The van der Waals surface area contributed by atoms with Crippen LogP contribution in [0.5, 0.6) is 11.5 Å². The lowest BCUT2D eigenvalue weighted by atomic mass is 10.2. The van der Waals surface area contributed by atoms with E-state index in [0.29, 0.717) is 27.9 Å². The molecule has 0 atom stereocenters. The van der Waals surface area contributed by atoms with Gasteiger partial charge in [-0.15, -0.1) is 0 Å². The standard InChI is InChI=1S/C16H16BrClN2O3/c1-22-14-8-13(15(23-2)7-12(14)18)19-9-16(21)20-11-5-3-4-10(17)6-11/h3-8,19H,9H2,1-2H3,(H,20,21). The summed E-state index contributed by atoms with van der Waals surface area (Å²) in [7, 11) is 3.06. The molecule has 0 bridgehead atoms. The van der Waals surface area contributed by atoms with Crippen LogP contribution in [0.25, 0.3) is 0 Å². The summed E-state index contributed by atoms with van der Waals surface area (Å²) < 4.78 is 11.3. The van der Waals surface area contributed by atoms with Crippen molar-refractivity contribution in [2.45, 2.75) is 0 Å². The Bertz CT molecular complexity index is 710. The summed E-state index contributed by atoms with van der Waals surface area (Å²) in [6.45, 7) is 0.0770. The summed E-state index contributed by atoms with van der Waals surface area (Å²) in [6.07, 6.45) is 0. The van der Waals surface area contributed by atoms with Gasteiger partial charge in [-0.3, -0.25) is 4.79 Å². The molecule has 2 rings (SSSR count). The van der Waals surface area contributed by atoms with Gasteiger partial charge in [0.2, 0.25) is 5.91 Å². The summed E-state index contributed by atoms with van der Waals surface area (Å²) in [5.41, 5.74) is 1.34. The Labute approximate surface area is 148 Å². The van der Waals surface area contributed by atoms with Gasteiger partial charge in [0.05, 0.1) is 31.5 Å². The molecule has 0 spiro atoms. The van der Waals surface area contributed by atoms with E-state index in [1.165, 1.54) is 14.2 Å². The van der Waals surface area contributed by atoms with Gasteiger partial charge < -0.3 is 20.1 Å². The summed E-state index contributed by atoms with van der Waals surface area (Å²) in [5, 5.41) is 6.25. The number of hydrogen-bond acceptors (Lipinski definition) is 4. The van der Waals surface area contributed by atoms with Crippen molar-refractivity contribution in [1.29, 1.82) is 0 Å². The summed E-state index contributed by atoms with van der Waals surface area (Å²) in [4.78, 5) is 12.0. The second-order valence-corrected chi connectivity index (χ2v) is 5.92. The van der Waals surface area contributed by atoms with E-state index in [4.69, 9.17) is 21.1 Å². The molecule has 0 aromatic heterocycles. The first kappa shape index (κ1) is 17.4. The molecule has 1 amide bonds. The minimum absolute atomic E-state index is 0.0770. The zero-order valence-corrected chi connectivity index (χ0v) is 15.0. The monoisotopic (exact) mass is 398 g/mol. The number of hydrogen-bond donors (Lipinski definition) is 2. The van der Waals surface area contributed by atoms with E-state index in [-0.39, 0.29) is 12.5 Å². The lowest BCUT2D eigenvalue weighted by Gasteiger charge is -2.14. The Morgan fingerprint density at radius 1 is 1.17 bits per heavy atom. The van der Waals surface area contributed by atoms with Crippen molar-refractivity contribution in [3.8, 4) is 11.5 Å². The smallest absolute Gasteiger partial charge is 0.243 e. The SMILES string of the molecule is COc1cc(NCC(=O)Nc2cccc(Br)c2)c(OC)cc1Cl. The van der Waals surface area contributed by atoms with Crippen LogP contribution in [0.4, 0.5) is 11.4 Å². The van der Waals surface area contributed by atoms with Crippen LogP contribution < -0.4 is 20.1 Å². The fourth-order valence-electron chi connectivity index (χ4n) is 1.95. The Hall–Kier alpha value is -1.92. The Morgan fingerprint density at radius 2 is 1.91 bits per heavy atom. The lowest BCUT2D eigenvalue weighted by molar-refractivity contribution is -0.114. The minimum atomic E-state index is -0.181.